The monoisotopic (exact) mass is 275 g/mol. The van der Waals surface area contributed by atoms with E-state index in [9.17, 15) is 23.3 Å². The van der Waals surface area contributed by atoms with Crippen LogP contribution in [0.4, 0.5) is 24.5 Å². The van der Waals surface area contributed by atoms with Crippen molar-refractivity contribution >= 4 is 17.2 Å². The lowest BCUT2D eigenvalue weighted by Gasteiger charge is -2.09. The van der Waals surface area contributed by atoms with Crippen molar-refractivity contribution in [3.8, 4) is 0 Å². The number of benzene rings is 1. The van der Waals surface area contributed by atoms with Crippen molar-refractivity contribution in [1.29, 1.82) is 0 Å². The summed E-state index contributed by atoms with van der Waals surface area (Å²) >= 11 is 0. The number of nitro benzene ring substituents is 1. The van der Waals surface area contributed by atoms with Gasteiger partial charge in [0.05, 0.1) is 10.6 Å². The number of hydrogen-bond acceptors (Lipinski definition) is 3. The molecule has 1 aromatic rings. The van der Waals surface area contributed by atoms with Crippen LogP contribution >= 0.6 is 0 Å². The van der Waals surface area contributed by atoms with Gasteiger partial charge < -0.3 is 5.73 Å². The number of halogens is 3. The van der Waals surface area contributed by atoms with Gasteiger partial charge in [-0.25, -0.2) is 4.99 Å². The summed E-state index contributed by atoms with van der Waals surface area (Å²) in [6, 6.07) is 2.52. The third kappa shape index (κ3) is 3.67. The van der Waals surface area contributed by atoms with Crippen molar-refractivity contribution in [2.24, 2.45) is 16.6 Å². The number of alkyl halides is 3. The van der Waals surface area contributed by atoms with Crippen LogP contribution in [-0.4, -0.2) is 10.8 Å². The van der Waals surface area contributed by atoms with Gasteiger partial charge in [-0.15, -0.1) is 0 Å². The van der Waals surface area contributed by atoms with Crippen molar-refractivity contribution < 1.29 is 18.1 Å². The number of rotatable bonds is 3. The van der Waals surface area contributed by atoms with Gasteiger partial charge in [-0.3, -0.25) is 10.1 Å². The first kappa shape index (κ1) is 14.9. The van der Waals surface area contributed by atoms with E-state index in [1.54, 1.807) is 13.8 Å². The highest BCUT2D eigenvalue weighted by Crippen LogP contribution is 2.38. The minimum Gasteiger partial charge on any atom is -0.387 e. The molecule has 0 fully saturated rings. The summed E-state index contributed by atoms with van der Waals surface area (Å²) in [5.74, 6) is 0.0199. The summed E-state index contributed by atoms with van der Waals surface area (Å²) in [4.78, 5) is 13.3. The molecule has 0 saturated heterocycles. The molecule has 1 rings (SSSR count). The molecule has 0 radical (unpaired) electrons. The fourth-order valence-electron chi connectivity index (χ4n) is 1.26. The Morgan fingerprint density at radius 3 is 2.42 bits per heavy atom. The summed E-state index contributed by atoms with van der Waals surface area (Å²) in [5.41, 5.74) is 3.13. The third-order valence-corrected chi connectivity index (χ3v) is 2.33. The molecule has 104 valence electrons. The van der Waals surface area contributed by atoms with Crippen LogP contribution in [0.2, 0.25) is 0 Å². The maximum atomic E-state index is 12.7. The number of hydrogen-bond donors (Lipinski definition) is 1. The maximum absolute atomic E-state index is 12.7. The Bertz CT molecular complexity index is 524. The van der Waals surface area contributed by atoms with Crippen LogP contribution in [0.1, 0.15) is 19.4 Å². The molecule has 0 aliphatic heterocycles. The number of nitrogens with two attached hydrogens (primary N) is 1. The Labute approximate surface area is 107 Å². The van der Waals surface area contributed by atoms with E-state index in [4.69, 9.17) is 5.73 Å². The number of nitrogens with zero attached hydrogens (tertiary/aromatic N) is 2. The van der Waals surface area contributed by atoms with Gasteiger partial charge in [0.2, 0.25) is 0 Å². The van der Waals surface area contributed by atoms with Gasteiger partial charge in [0, 0.05) is 12.0 Å². The smallest absolute Gasteiger partial charge is 0.387 e. The summed E-state index contributed by atoms with van der Waals surface area (Å²) in [6.07, 6.45) is -4.82. The minimum absolute atomic E-state index is 0.0656. The van der Waals surface area contributed by atoms with Crippen LogP contribution < -0.4 is 5.73 Å². The molecule has 0 atom stereocenters. The van der Waals surface area contributed by atoms with Gasteiger partial charge in [0.25, 0.3) is 5.69 Å². The van der Waals surface area contributed by atoms with E-state index in [2.05, 4.69) is 4.99 Å². The van der Waals surface area contributed by atoms with Crippen molar-refractivity contribution in [3.63, 3.8) is 0 Å². The second-order valence-corrected chi connectivity index (χ2v) is 4.15. The number of aliphatic imine (C=N–C) groups is 1. The molecule has 2 N–H and O–H groups in total. The molecule has 0 bridgehead atoms. The van der Waals surface area contributed by atoms with Gasteiger partial charge in [-0.2, -0.15) is 13.2 Å². The standard InChI is InChI=1S/C11H12F3N3O2/c1-6(2)10(15)16-7-3-4-9(17(18)19)8(5-7)11(12,13)14/h3-6H,1-2H3,(H2,15,16). The molecule has 0 saturated carbocycles. The lowest BCUT2D eigenvalue weighted by molar-refractivity contribution is -0.388. The third-order valence-electron chi connectivity index (χ3n) is 2.33. The predicted octanol–water partition coefficient (Wildman–Crippen LogP) is 3.26. The zero-order chi connectivity index (χ0) is 14.8. The van der Waals surface area contributed by atoms with E-state index >= 15 is 0 Å². The Balaban J connectivity index is 3.35. The lowest BCUT2D eigenvalue weighted by Crippen LogP contribution is -2.18. The van der Waals surface area contributed by atoms with Crippen LogP contribution in [0.5, 0.6) is 0 Å². The van der Waals surface area contributed by atoms with Gasteiger partial charge in [-0.1, -0.05) is 13.8 Å². The molecule has 5 nitrogen and oxygen atoms in total. The molecular formula is C11H12F3N3O2. The highest BCUT2D eigenvalue weighted by molar-refractivity contribution is 5.84. The zero-order valence-corrected chi connectivity index (χ0v) is 10.2. The van der Waals surface area contributed by atoms with E-state index in [-0.39, 0.29) is 17.4 Å². The first-order valence-corrected chi connectivity index (χ1v) is 5.32. The molecule has 0 unspecified atom stereocenters. The summed E-state index contributed by atoms with van der Waals surface area (Å²) in [5, 5.41) is 10.6. The van der Waals surface area contributed by atoms with Crippen LogP contribution in [0.25, 0.3) is 0 Å². The SMILES string of the molecule is CC(C)C(N)=Nc1ccc([N+](=O)[O-])c(C(F)(F)F)c1. The van der Waals surface area contributed by atoms with Crippen LogP contribution in [0, 0.1) is 16.0 Å². The van der Waals surface area contributed by atoms with Crippen LogP contribution in [-0.2, 0) is 6.18 Å². The fourth-order valence-corrected chi connectivity index (χ4v) is 1.26. The van der Waals surface area contributed by atoms with Gasteiger partial charge in [0.1, 0.15) is 11.4 Å². The molecule has 0 heterocycles. The van der Waals surface area contributed by atoms with Crippen molar-refractivity contribution in [2.75, 3.05) is 0 Å². The molecule has 19 heavy (non-hydrogen) atoms. The minimum atomic E-state index is -4.82. The second kappa shape index (κ2) is 5.25. The van der Waals surface area contributed by atoms with Crippen LogP contribution in [0.3, 0.4) is 0 Å². The van der Waals surface area contributed by atoms with Gasteiger partial charge in [-0.05, 0) is 12.1 Å². The van der Waals surface area contributed by atoms with Crippen molar-refractivity contribution in [2.45, 2.75) is 20.0 Å². The molecule has 0 amide bonds. The Kier molecular flexibility index (Phi) is 4.13. The average molecular weight is 275 g/mol. The van der Waals surface area contributed by atoms with E-state index in [1.807, 2.05) is 0 Å². The first-order chi connectivity index (χ1) is 8.62. The van der Waals surface area contributed by atoms with Crippen LogP contribution in [0.15, 0.2) is 23.2 Å². The first-order valence-electron chi connectivity index (χ1n) is 5.32. The maximum Gasteiger partial charge on any atom is 0.423 e. The van der Waals surface area contributed by atoms with Gasteiger partial charge >= 0.3 is 6.18 Å². The summed E-state index contributed by atoms with van der Waals surface area (Å²) < 4.78 is 38.1. The Morgan fingerprint density at radius 1 is 1.42 bits per heavy atom. The second-order valence-electron chi connectivity index (χ2n) is 4.15. The van der Waals surface area contributed by atoms with E-state index in [0.717, 1.165) is 12.1 Å². The molecule has 0 aliphatic carbocycles. The highest BCUT2D eigenvalue weighted by Gasteiger charge is 2.38. The van der Waals surface area contributed by atoms with E-state index in [1.165, 1.54) is 0 Å². The molecule has 0 spiro atoms. The number of amidine groups is 1. The molecule has 1 aromatic carbocycles. The average Bonchev–Trinajstić information content (AvgIpc) is 2.27. The molecular weight excluding hydrogens is 263 g/mol. The molecule has 8 heteroatoms. The quantitative estimate of drug-likeness (QED) is 0.398. The summed E-state index contributed by atoms with van der Waals surface area (Å²) in [7, 11) is 0. The highest BCUT2D eigenvalue weighted by atomic mass is 19.4. The Hall–Kier alpha value is -2.12. The fraction of sp³-hybridized carbons (Fsp3) is 0.364. The Morgan fingerprint density at radius 2 is 2.00 bits per heavy atom. The molecule has 0 aromatic heterocycles. The number of nitro groups is 1. The van der Waals surface area contributed by atoms with Crippen molar-refractivity contribution in [1.82, 2.24) is 0 Å². The van der Waals surface area contributed by atoms with E-state index in [0.29, 0.717) is 6.07 Å². The van der Waals surface area contributed by atoms with E-state index < -0.39 is 22.4 Å². The normalized spacial score (nSPS) is 12.8. The zero-order valence-electron chi connectivity index (χ0n) is 10.2. The summed E-state index contributed by atoms with van der Waals surface area (Å²) in [6.45, 7) is 3.46. The lowest BCUT2D eigenvalue weighted by atomic mass is 10.1. The van der Waals surface area contributed by atoms with Crippen molar-refractivity contribution in [3.05, 3.63) is 33.9 Å². The topological polar surface area (TPSA) is 81.5 Å². The molecule has 0 aliphatic rings. The van der Waals surface area contributed by atoms with Gasteiger partial charge in [0.15, 0.2) is 0 Å². The predicted molar refractivity (Wildman–Crippen MR) is 64.2 cm³/mol. The largest absolute Gasteiger partial charge is 0.423 e.